The summed E-state index contributed by atoms with van der Waals surface area (Å²) in [4.78, 5) is 11.9. The molecule has 3 aromatic rings. The maximum Gasteiger partial charge on any atom is 0.271 e. The van der Waals surface area contributed by atoms with Gasteiger partial charge >= 0.3 is 0 Å². The van der Waals surface area contributed by atoms with E-state index < -0.39 is 0 Å². The Hall–Kier alpha value is -3.60. The van der Waals surface area contributed by atoms with E-state index in [4.69, 9.17) is 11.5 Å². The quantitative estimate of drug-likeness (QED) is 0.389. The number of amides is 1. The van der Waals surface area contributed by atoms with Crippen LogP contribution < -0.4 is 16.9 Å². The van der Waals surface area contributed by atoms with E-state index in [-0.39, 0.29) is 5.91 Å². The van der Waals surface area contributed by atoms with Gasteiger partial charge in [-0.2, -0.15) is 5.10 Å². The predicted octanol–water partition coefficient (Wildman–Crippen LogP) is 3.28. The number of carbonyl (C=O) groups excluding carboxylic acids is 1. The third-order valence-corrected chi connectivity index (χ3v) is 3.71. The third kappa shape index (κ3) is 4.23. The number of hydrogen-bond acceptors (Lipinski definition) is 4. The molecule has 25 heavy (non-hydrogen) atoms. The molecule has 0 fully saturated rings. The summed E-state index contributed by atoms with van der Waals surface area (Å²) in [5.41, 5.74) is 18.7. The minimum atomic E-state index is -0.283. The molecule has 0 heterocycles. The van der Waals surface area contributed by atoms with Crippen LogP contribution in [-0.2, 0) is 0 Å². The van der Waals surface area contributed by atoms with E-state index in [1.54, 1.807) is 30.5 Å². The molecule has 0 saturated heterocycles. The number of benzene rings is 3. The number of nitrogens with two attached hydrogens (primary N) is 2. The Kier molecular flexibility index (Phi) is 4.76. The predicted molar refractivity (Wildman–Crippen MR) is 102 cm³/mol. The normalized spacial score (nSPS) is 10.7. The van der Waals surface area contributed by atoms with Gasteiger partial charge < -0.3 is 11.5 Å². The second-order valence-corrected chi connectivity index (χ2v) is 5.57. The Morgan fingerprint density at radius 1 is 0.760 bits per heavy atom. The highest BCUT2D eigenvalue weighted by molar-refractivity contribution is 5.95. The largest absolute Gasteiger partial charge is 0.399 e. The lowest BCUT2D eigenvalue weighted by Crippen LogP contribution is -2.17. The minimum Gasteiger partial charge on any atom is -0.399 e. The fourth-order valence-electron chi connectivity index (χ4n) is 2.30. The first-order valence-corrected chi connectivity index (χ1v) is 7.77. The van der Waals surface area contributed by atoms with E-state index >= 15 is 0 Å². The number of nitrogen functional groups attached to an aromatic ring is 2. The van der Waals surface area contributed by atoms with Crippen LogP contribution in [0, 0.1) is 0 Å². The van der Waals surface area contributed by atoms with Gasteiger partial charge in [0.2, 0.25) is 0 Å². The van der Waals surface area contributed by atoms with Gasteiger partial charge in [0.1, 0.15) is 0 Å². The van der Waals surface area contributed by atoms with Crippen molar-refractivity contribution in [3.05, 3.63) is 83.9 Å². The van der Waals surface area contributed by atoms with Gasteiger partial charge in [-0.15, -0.1) is 0 Å². The van der Waals surface area contributed by atoms with Crippen LogP contribution in [0.2, 0.25) is 0 Å². The van der Waals surface area contributed by atoms with E-state index in [0.717, 1.165) is 22.4 Å². The molecule has 124 valence electrons. The van der Waals surface area contributed by atoms with Crippen LogP contribution in [-0.4, -0.2) is 12.1 Å². The van der Waals surface area contributed by atoms with E-state index in [1.165, 1.54) is 0 Å². The number of rotatable bonds is 4. The number of anilines is 2. The van der Waals surface area contributed by atoms with E-state index in [9.17, 15) is 4.79 Å². The highest BCUT2D eigenvalue weighted by Gasteiger charge is 2.03. The minimum absolute atomic E-state index is 0.283. The average Bonchev–Trinajstić information content (AvgIpc) is 2.63. The van der Waals surface area contributed by atoms with Crippen molar-refractivity contribution < 1.29 is 4.79 Å². The van der Waals surface area contributed by atoms with Crippen molar-refractivity contribution >= 4 is 23.5 Å². The lowest BCUT2D eigenvalue weighted by atomic mass is 10.0. The van der Waals surface area contributed by atoms with Crippen molar-refractivity contribution in [2.75, 3.05) is 11.5 Å². The van der Waals surface area contributed by atoms with Crippen molar-refractivity contribution in [2.24, 2.45) is 5.10 Å². The first-order valence-electron chi connectivity index (χ1n) is 7.77. The molecule has 0 spiro atoms. The van der Waals surface area contributed by atoms with Gasteiger partial charge in [-0.25, -0.2) is 5.43 Å². The monoisotopic (exact) mass is 330 g/mol. The lowest BCUT2D eigenvalue weighted by Gasteiger charge is -2.03. The second kappa shape index (κ2) is 7.31. The maximum atomic E-state index is 11.9. The molecule has 1 amide bonds. The summed E-state index contributed by atoms with van der Waals surface area (Å²) < 4.78 is 0. The van der Waals surface area contributed by atoms with Crippen molar-refractivity contribution in [2.45, 2.75) is 0 Å². The van der Waals surface area contributed by atoms with Crippen LogP contribution in [0.15, 0.2) is 77.9 Å². The summed E-state index contributed by atoms with van der Waals surface area (Å²) in [5.74, 6) is -0.283. The summed E-state index contributed by atoms with van der Waals surface area (Å²) in [6, 6.07) is 22.2. The van der Waals surface area contributed by atoms with Crippen molar-refractivity contribution in [3.8, 4) is 11.1 Å². The number of hydrogen-bond donors (Lipinski definition) is 3. The summed E-state index contributed by atoms with van der Waals surface area (Å²) in [5, 5.41) is 3.98. The number of hydrazone groups is 1. The van der Waals surface area contributed by atoms with Gasteiger partial charge in [0.25, 0.3) is 5.91 Å². The topological polar surface area (TPSA) is 93.5 Å². The number of nitrogens with zero attached hydrogens (tertiary/aromatic N) is 1. The molecular formula is C20H18N4O. The Morgan fingerprint density at radius 2 is 1.24 bits per heavy atom. The molecule has 5 N–H and O–H groups in total. The molecule has 0 aromatic heterocycles. The molecule has 0 radical (unpaired) electrons. The number of nitrogens with one attached hydrogen (secondary N) is 1. The Labute approximate surface area is 146 Å². The maximum absolute atomic E-state index is 11.9. The Balaban J connectivity index is 1.63. The number of carbonyl (C=O) groups is 1. The van der Waals surface area contributed by atoms with Gasteiger partial charge in [-0.3, -0.25) is 4.79 Å². The van der Waals surface area contributed by atoms with Crippen LogP contribution in [0.25, 0.3) is 11.1 Å². The fraction of sp³-hybridized carbons (Fsp3) is 0. The van der Waals surface area contributed by atoms with Crippen LogP contribution in [0.5, 0.6) is 0 Å². The standard InChI is InChI=1S/C20H18N4O/c21-18-9-5-16(6-10-18)15-3-1-14(2-4-15)13-23-24-20(25)17-7-11-19(22)12-8-17/h1-13H,21-22H2,(H,24,25)/b23-13+. The second-order valence-electron chi connectivity index (χ2n) is 5.57. The first kappa shape index (κ1) is 16.3. The van der Waals surface area contributed by atoms with Gasteiger partial charge in [0.05, 0.1) is 6.21 Å². The average molecular weight is 330 g/mol. The van der Waals surface area contributed by atoms with E-state index in [0.29, 0.717) is 11.3 Å². The molecule has 0 aliphatic rings. The molecule has 0 atom stereocenters. The van der Waals surface area contributed by atoms with E-state index in [2.05, 4.69) is 10.5 Å². The Morgan fingerprint density at radius 3 is 1.80 bits per heavy atom. The van der Waals surface area contributed by atoms with Gasteiger partial charge in [-0.1, -0.05) is 36.4 Å². The fourth-order valence-corrected chi connectivity index (χ4v) is 2.30. The molecule has 5 nitrogen and oxygen atoms in total. The zero-order valence-corrected chi connectivity index (χ0v) is 13.5. The SMILES string of the molecule is Nc1ccc(C(=O)N/N=C/c2ccc(-c3ccc(N)cc3)cc2)cc1. The van der Waals surface area contributed by atoms with Gasteiger partial charge in [0.15, 0.2) is 0 Å². The van der Waals surface area contributed by atoms with Crippen molar-refractivity contribution in [1.82, 2.24) is 5.43 Å². The molecule has 0 unspecified atom stereocenters. The third-order valence-electron chi connectivity index (χ3n) is 3.71. The van der Waals surface area contributed by atoms with Crippen LogP contribution in [0.4, 0.5) is 11.4 Å². The molecule has 0 aliphatic heterocycles. The molecular weight excluding hydrogens is 312 g/mol. The highest BCUT2D eigenvalue weighted by atomic mass is 16.2. The molecule has 3 aromatic carbocycles. The van der Waals surface area contributed by atoms with Gasteiger partial charge in [-0.05, 0) is 53.1 Å². The van der Waals surface area contributed by atoms with Crippen LogP contribution >= 0.6 is 0 Å². The summed E-state index contributed by atoms with van der Waals surface area (Å²) >= 11 is 0. The summed E-state index contributed by atoms with van der Waals surface area (Å²) in [6.45, 7) is 0. The first-order chi connectivity index (χ1) is 12.1. The van der Waals surface area contributed by atoms with Crippen LogP contribution in [0.3, 0.4) is 0 Å². The molecule has 0 saturated carbocycles. The van der Waals surface area contributed by atoms with Gasteiger partial charge in [0, 0.05) is 16.9 Å². The smallest absolute Gasteiger partial charge is 0.271 e. The zero-order valence-electron chi connectivity index (χ0n) is 13.5. The molecule has 5 heteroatoms. The van der Waals surface area contributed by atoms with Crippen LogP contribution in [0.1, 0.15) is 15.9 Å². The Bertz CT molecular complexity index is 882. The molecule has 0 bridgehead atoms. The summed E-state index contributed by atoms with van der Waals surface area (Å²) in [7, 11) is 0. The summed E-state index contributed by atoms with van der Waals surface area (Å²) in [6.07, 6.45) is 1.60. The zero-order chi connectivity index (χ0) is 17.6. The molecule has 3 rings (SSSR count). The van der Waals surface area contributed by atoms with Crippen molar-refractivity contribution in [1.29, 1.82) is 0 Å². The molecule has 0 aliphatic carbocycles. The lowest BCUT2D eigenvalue weighted by molar-refractivity contribution is 0.0955. The van der Waals surface area contributed by atoms with Crippen molar-refractivity contribution in [3.63, 3.8) is 0 Å². The highest BCUT2D eigenvalue weighted by Crippen LogP contribution is 2.20. The van der Waals surface area contributed by atoms with E-state index in [1.807, 2.05) is 48.5 Å².